The lowest BCUT2D eigenvalue weighted by molar-refractivity contribution is 0.475. The second-order valence-electron chi connectivity index (χ2n) is 5.38. The van der Waals surface area contributed by atoms with Crippen LogP contribution in [0.2, 0.25) is 0 Å². The standard InChI is InChI=1S/C19H15N3O2S/c1-20-19-22(16(12-25-19)18-7-4-10-24-18)21-11-15-14-6-3-2-5-13(14)8-9-17(15)23/h2-12,23H,1H3. The molecule has 0 aliphatic rings. The van der Waals surface area contributed by atoms with Gasteiger partial charge in [0.05, 0.1) is 12.5 Å². The first-order valence-electron chi connectivity index (χ1n) is 7.70. The summed E-state index contributed by atoms with van der Waals surface area (Å²) in [6, 6.07) is 15.2. The number of aromatic nitrogens is 1. The van der Waals surface area contributed by atoms with E-state index >= 15 is 0 Å². The third-order valence-corrected chi connectivity index (χ3v) is 4.81. The summed E-state index contributed by atoms with van der Waals surface area (Å²) in [5.74, 6) is 0.901. The van der Waals surface area contributed by atoms with Crippen molar-refractivity contribution in [2.24, 2.45) is 10.1 Å². The van der Waals surface area contributed by atoms with E-state index in [2.05, 4.69) is 10.1 Å². The molecule has 2 heterocycles. The van der Waals surface area contributed by atoms with E-state index in [1.165, 1.54) is 11.3 Å². The average Bonchev–Trinajstić information content (AvgIpc) is 3.30. The lowest BCUT2D eigenvalue weighted by Crippen LogP contribution is -2.11. The van der Waals surface area contributed by atoms with Crippen LogP contribution in [0.1, 0.15) is 5.56 Å². The van der Waals surface area contributed by atoms with Crippen LogP contribution < -0.4 is 4.80 Å². The molecule has 0 saturated carbocycles. The normalized spacial score (nSPS) is 12.4. The Hall–Kier alpha value is -3.12. The van der Waals surface area contributed by atoms with Crippen LogP contribution >= 0.6 is 11.3 Å². The molecule has 0 fully saturated rings. The molecule has 0 radical (unpaired) electrons. The Morgan fingerprint density at radius 3 is 2.80 bits per heavy atom. The molecule has 0 bridgehead atoms. The second kappa shape index (κ2) is 6.41. The lowest BCUT2D eigenvalue weighted by Gasteiger charge is -2.05. The molecule has 0 aliphatic heterocycles. The number of phenolic OH excluding ortho intramolecular Hbond substituents is 1. The number of phenols is 1. The molecule has 4 aromatic rings. The fourth-order valence-corrected chi connectivity index (χ4v) is 3.48. The maximum atomic E-state index is 10.3. The molecular formula is C19H15N3O2S. The first-order valence-corrected chi connectivity index (χ1v) is 8.58. The average molecular weight is 349 g/mol. The monoisotopic (exact) mass is 349 g/mol. The second-order valence-corrected chi connectivity index (χ2v) is 6.22. The molecule has 1 N–H and O–H groups in total. The highest BCUT2D eigenvalue weighted by molar-refractivity contribution is 7.07. The van der Waals surface area contributed by atoms with Crippen LogP contribution in [-0.4, -0.2) is 23.0 Å². The van der Waals surface area contributed by atoms with Gasteiger partial charge in [0, 0.05) is 18.0 Å². The topological polar surface area (TPSA) is 63.0 Å². The predicted molar refractivity (Wildman–Crippen MR) is 100 cm³/mol. The summed E-state index contributed by atoms with van der Waals surface area (Å²) in [7, 11) is 1.72. The number of furan rings is 1. The van der Waals surface area contributed by atoms with Crippen molar-refractivity contribution >= 4 is 28.3 Å². The van der Waals surface area contributed by atoms with Gasteiger partial charge in [-0.3, -0.25) is 4.99 Å². The third kappa shape index (κ3) is 2.77. The molecule has 25 heavy (non-hydrogen) atoms. The van der Waals surface area contributed by atoms with Crippen molar-refractivity contribution in [3.8, 4) is 17.2 Å². The Balaban J connectivity index is 1.87. The van der Waals surface area contributed by atoms with Crippen LogP contribution in [0.3, 0.4) is 0 Å². The minimum atomic E-state index is 0.188. The molecule has 0 aliphatic carbocycles. The minimum absolute atomic E-state index is 0.188. The summed E-state index contributed by atoms with van der Waals surface area (Å²) >= 11 is 1.48. The Kier molecular flexibility index (Phi) is 3.95. The van der Waals surface area contributed by atoms with Crippen LogP contribution in [0.25, 0.3) is 22.2 Å². The molecule has 4 rings (SSSR count). The lowest BCUT2D eigenvalue weighted by atomic mass is 10.0. The van der Waals surface area contributed by atoms with Crippen LogP contribution in [0.15, 0.2) is 74.7 Å². The Morgan fingerprint density at radius 2 is 2.00 bits per heavy atom. The van der Waals surface area contributed by atoms with Gasteiger partial charge < -0.3 is 9.52 Å². The van der Waals surface area contributed by atoms with Crippen molar-refractivity contribution in [1.29, 1.82) is 0 Å². The predicted octanol–water partition coefficient (Wildman–Crippen LogP) is 4.08. The maximum absolute atomic E-state index is 10.3. The molecule has 0 atom stereocenters. The van der Waals surface area contributed by atoms with E-state index in [4.69, 9.17) is 4.42 Å². The SMILES string of the molecule is CN=c1scc(-c2ccco2)n1N=Cc1c(O)ccc2ccccc12. The summed E-state index contributed by atoms with van der Waals surface area (Å²) in [6.07, 6.45) is 3.28. The van der Waals surface area contributed by atoms with E-state index in [9.17, 15) is 5.11 Å². The van der Waals surface area contributed by atoms with Gasteiger partial charge >= 0.3 is 0 Å². The number of fused-ring (bicyclic) bond motifs is 1. The van der Waals surface area contributed by atoms with Gasteiger partial charge in [0.15, 0.2) is 5.76 Å². The molecule has 124 valence electrons. The Morgan fingerprint density at radius 1 is 1.12 bits per heavy atom. The summed E-state index contributed by atoms with van der Waals surface area (Å²) in [5, 5.41) is 18.8. The maximum Gasteiger partial charge on any atom is 0.206 e. The van der Waals surface area contributed by atoms with Crippen LogP contribution in [0, 0.1) is 0 Å². The van der Waals surface area contributed by atoms with E-state index < -0.39 is 0 Å². The smallest absolute Gasteiger partial charge is 0.206 e. The number of aromatic hydroxyl groups is 1. The molecule has 5 nitrogen and oxygen atoms in total. The summed E-state index contributed by atoms with van der Waals surface area (Å²) in [6.45, 7) is 0. The zero-order chi connectivity index (χ0) is 17.2. The fourth-order valence-electron chi connectivity index (χ4n) is 2.69. The Labute approximate surface area is 147 Å². The zero-order valence-electron chi connectivity index (χ0n) is 13.5. The number of thiazole rings is 1. The van der Waals surface area contributed by atoms with Crippen molar-refractivity contribution in [1.82, 2.24) is 4.68 Å². The van der Waals surface area contributed by atoms with Gasteiger partial charge in [-0.1, -0.05) is 30.3 Å². The number of hydrogen-bond acceptors (Lipinski definition) is 5. The van der Waals surface area contributed by atoms with E-state index in [1.54, 1.807) is 30.3 Å². The summed E-state index contributed by atoms with van der Waals surface area (Å²) < 4.78 is 7.20. The van der Waals surface area contributed by atoms with Crippen LogP contribution in [0.5, 0.6) is 5.75 Å². The van der Waals surface area contributed by atoms with E-state index in [0.29, 0.717) is 11.3 Å². The van der Waals surface area contributed by atoms with E-state index in [1.807, 2.05) is 47.8 Å². The number of rotatable bonds is 3. The molecule has 6 heteroatoms. The largest absolute Gasteiger partial charge is 0.507 e. The highest BCUT2D eigenvalue weighted by Gasteiger charge is 2.10. The van der Waals surface area contributed by atoms with Gasteiger partial charge in [-0.2, -0.15) is 5.10 Å². The Bertz CT molecular complexity index is 1120. The molecule has 0 spiro atoms. The zero-order valence-corrected chi connectivity index (χ0v) is 14.3. The van der Waals surface area contributed by atoms with Gasteiger partial charge in [-0.05, 0) is 29.0 Å². The van der Waals surface area contributed by atoms with Gasteiger partial charge in [0.1, 0.15) is 11.4 Å². The molecule has 2 aromatic heterocycles. The van der Waals surface area contributed by atoms with Gasteiger partial charge in [0.2, 0.25) is 4.80 Å². The molecule has 0 unspecified atom stereocenters. The fraction of sp³-hybridized carbons (Fsp3) is 0.0526. The van der Waals surface area contributed by atoms with Crippen molar-refractivity contribution in [3.05, 3.63) is 70.5 Å². The van der Waals surface area contributed by atoms with Crippen molar-refractivity contribution < 1.29 is 9.52 Å². The minimum Gasteiger partial charge on any atom is -0.507 e. The number of hydrogen-bond donors (Lipinski definition) is 1. The van der Waals surface area contributed by atoms with Crippen molar-refractivity contribution in [2.75, 3.05) is 7.05 Å². The highest BCUT2D eigenvalue weighted by atomic mass is 32.1. The van der Waals surface area contributed by atoms with E-state index in [0.717, 1.165) is 21.3 Å². The van der Waals surface area contributed by atoms with Crippen molar-refractivity contribution in [2.45, 2.75) is 0 Å². The quantitative estimate of drug-likeness (QED) is 0.567. The molecule has 2 aromatic carbocycles. The van der Waals surface area contributed by atoms with Crippen LogP contribution in [0.4, 0.5) is 0 Å². The molecule has 0 amide bonds. The summed E-state index contributed by atoms with van der Waals surface area (Å²) in [5.41, 5.74) is 1.48. The highest BCUT2D eigenvalue weighted by Crippen LogP contribution is 2.26. The van der Waals surface area contributed by atoms with Crippen LogP contribution in [-0.2, 0) is 0 Å². The first-order chi connectivity index (χ1) is 12.3. The van der Waals surface area contributed by atoms with Gasteiger partial charge in [-0.25, -0.2) is 4.68 Å². The third-order valence-electron chi connectivity index (χ3n) is 3.90. The molecule has 0 saturated heterocycles. The van der Waals surface area contributed by atoms with Gasteiger partial charge in [0.25, 0.3) is 0 Å². The number of nitrogens with zero attached hydrogens (tertiary/aromatic N) is 3. The molecular weight excluding hydrogens is 334 g/mol. The van der Waals surface area contributed by atoms with Gasteiger partial charge in [-0.15, -0.1) is 11.3 Å². The summed E-state index contributed by atoms with van der Waals surface area (Å²) in [4.78, 5) is 5.00. The number of benzene rings is 2. The first kappa shape index (κ1) is 15.4. The van der Waals surface area contributed by atoms with E-state index in [-0.39, 0.29) is 5.75 Å². The van der Waals surface area contributed by atoms with Crippen molar-refractivity contribution in [3.63, 3.8) is 0 Å².